The first-order chi connectivity index (χ1) is 19.2. The molecule has 13 heteroatoms. The summed E-state index contributed by atoms with van der Waals surface area (Å²) in [6, 6.07) is 6.03. The van der Waals surface area contributed by atoms with Gasteiger partial charge in [-0.1, -0.05) is 0 Å². The number of hydrogen-bond donors (Lipinski definition) is 2. The van der Waals surface area contributed by atoms with Crippen molar-refractivity contribution in [1.82, 2.24) is 19.8 Å². The van der Waals surface area contributed by atoms with Crippen LogP contribution in [-0.4, -0.2) is 60.1 Å². The van der Waals surface area contributed by atoms with E-state index in [4.69, 9.17) is 4.74 Å². The number of alkyl halides is 6. The SMILES string of the molecule is COC(CN(C)C)Cn1cc(C2=C(c3c[nH]c4ccc(C(F)(F)F)cc34)C(=O)NC2=O)c2cc(C(F)(F)F)ccc21. The van der Waals surface area contributed by atoms with Crippen LogP contribution in [0.15, 0.2) is 48.8 Å². The molecule has 4 aromatic rings. The van der Waals surface area contributed by atoms with Gasteiger partial charge in [-0.3, -0.25) is 14.9 Å². The lowest BCUT2D eigenvalue weighted by atomic mass is 9.94. The van der Waals surface area contributed by atoms with Crippen LogP contribution in [0.2, 0.25) is 0 Å². The van der Waals surface area contributed by atoms with Crippen LogP contribution in [0.1, 0.15) is 22.3 Å². The van der Waals surface area contributed by atoms with Crippen molar-refractivity contribution >= 4 is 44.8 Å². The smallest absolute Gasteiger partial charge is 0.378 e. The zero-order chi connectivity index (χ0) is 29.9. The summed E-state index contributed by atoms with van der Waals surface area (Å²) < 4.78 is 88.7. The molecule has 2 amide bonds. The van der Waals surface area contributed by atoms with E-state index in [1.54, 1.807) is 4.57 Å². The number of halogens is 6. The van der Waals surface area contributed by atoms with E-state index < -0.39 is 35.3 Å². The summed E-state index contributed by atoms with van der Waals surface area (Å²) in [5.74, 6) is -1.75. The normalized spacial score (nSPS) is 15.6. The fourth-order valence-corrected chi connectivity index (χ4v) is 5.13. The molecule has 2 aromatic heterocycles. The molecule has 1 aliphatic rings. The average Bonchev–Trinajstić information content (AvgIpc) is 3.54. The van der Waals surface area contributed by atoms with Gasteiger partial charge < -0.3 is 19.2 Å². The Bertz CT molecular complexity index is 1710. The number of carbonyl (C=O) groups is 2. The molecule has 2 N–H and O–H groups in total. The van der Waals surface area contributed by atoms with Crippen LogP contribution in [0.5, 0.6) is 0 Å². The predicted molar refractivity (Wildman–Crippen MR) is 140 cm³/mol. The highest BCUT2D eigenvalue weighted by molar-refractivity contribution is 6.50. The van der Waals surface area contributed by atoms with E-state index in [2.05, 4.69) is 10.3 Å². The molecule has 7 nitrogen and oxygen atoms in total. The van der Waals surface area contributed by atoms with Crippen LogP contribution in [0.3, 0.4) is 0 Å². The second kappa shape index (κ2) is 10.1. The molecule has 1 atom stereocenters. The minimum absolute atomic E-state index is 0.0136. The van der Waals surface area contributed by atoms with Crippen LogP contribution in [0.4, 0.5) is 26.3 Å². The Hall–Kier alpha value is -4.10. The Morgan fingerprint density at radius 2 is 1.46 bits per heavy atom. The van der Waals surface area contributed by atoms with Gasteiger partial charge in [-0.25, -0.2) is 0 Å². The number of rotatable bonds is 7. The summed E-state index contributed by atoms with van der Waals surface area (Å²) in [4.78, 5) is 30.9. The first-order valence-corrected chi connectivity index (χ1v) is 12.4. The molecule has 0 radical (unpaired) electrons. The van der Waals surface area contributed by atoms with Crippen LogP contribution in [-0.2, 0) is 33.2 Å². The summed E-state index contributed by atoms with van der Waals surface area (Å²) in [5.41, 5.74) is -1.73. The van der Waals surface area contributed by atoms with E-state index in [1.165, 1.54) is 31.6 Å². The highest BCUT2D eigenvalue weighted by Crippen LogP contribution is 2.41. The standard InChI is InChI=1S/C28H24F6N4O3/c1-37(2)11-16(41-3)12-38-13-20(18-9-15(28(32,33)34)5-7-22(18)38)24-23(25(39)36-26(24)40)19-10-35-21-6-4-14(8-17(19)21)27(29,30)31/h4-10,13,16,35H,11-12H2,1-3H3,(H,36,39,40). The number of aromatic nitrogens is 2. The number of likely N-dealkylation sites (N-methyl/N-ethyl adjacent to an activating group) is 1. The first kappa shape index (κ1) is 28.4. The highest BCUT2D eigenvalue weighted by atomic mass is 19.4. The topological polar surface area (TPSA) is 79.4 Å². The summed E-state index contributed by atoms with van der Waals surface area (Å²) in [6.07, 6.45) is -6.96. The Morgan fingerprint density at radius 3 is 2.05 bits per heavy atom. The van der Waals surface area contributed by atoms with Gasteiger partial charge in [0.15, 0.2) is 0 Å². The van der Waals surface area contributed by atoms with Crippen molar-refractivity contribution in [3.63, 3.8) is 0 Å². The maximum absolute atomic E-state index is 13.7. The monoisotopic (exact) mass is 578 g/mol. The molecule has 41 heavy (non-hydrogen) atoms. The Balaban J connectivity index is 1.77. The lowest BCUT2D eigenvalue weighted by molar-refractivity contribution is -0.138. The zero-order valence-corrected chi connectivity index (χ0v) is 22.0. The maximum Gasteiger partial charge on any atom is 0.416 e. The van der Waals surface area contributed by atoms with Gasteiger partial charge >= 0.3 is 12.4 Å². The second-order valence-corrected chi connectivity index (χ2v) is 10.0. The number of aromatic amines is 1. The molecule has 0 saturated carbocycles. The summed E-state index contributed by atoms with van der Waals surface area (Å²) in [5, 5.41) is 2.24. The number of benzene rings is 2. The van der Waals surface area contributed by atoms with Crippen molar-refractivity contribution in [1.29, 1.82) is 0 Å². The summed E-state index contributed by atoms with van der Waals surface area (Å²) >= 11 is 0. The van der Waals surface area contributed by atoms with E-state index in [9.17, 15) is 35.9 Å². The minimum Gasteiger partial charge on any atom is -0.378 e. The largest absolute Gasteiger partial charge is 0.416 e. The number of imide groups is 1. The van der Waals surface area contributed by atoms with Crippen molar-refractivity contribution in [3.8, 4) is 0 Å². The van der Waals surface area contributed by atoms with Crippen molar-refractivity contribution in [2.75, 3.05) is 27.7 Å². The number of fused-ring (bicyclic) bond motifs is 2. The molecule has 5 rings (SSSR count). The number of amides is 2. The minimum atomic E-state index is -4.69. The zero-order valence-electron chi connectivity index (χ0n) is 22.0. The van der Waals surface area contributed by atoms with Gasteiger partial charge in [0.05, 0.1) is 34.9 Å². The maximum atomic E-state index is 13.7. The number of nitrogens with zero attached hydrogens (tertiary/aromatic N) is 2. The van der Waals surface area contributed by atoms with Gasteiger partial charge in [0.25, 0.3) is 11.8 Å². The average molecular weight is 579 g/mol. The fraction of sp³-hybridized carbons (Fsp3) is 0.286. The van der Waals surface area contributed by atoms with Gasteiger partial charge in [-0.15, -0.1) is 0 Å². The van der Waals surface area contributed by atoms with Crippen molar-refractivity contribution < 1.29 is 40.7 Å². The Labute approximate surface area is 229 Å². The number of carbonyl (C=O) groups excluding carboxylic acids is 2. The van der Waals surface area contributed by atoms with Crippen LogP contribution in [0, 0.1) is 0 Å². The molecule has 0 saturated heterocycles. The predicted octanol–water partition coefficient (Wildman–Crippen LogP) is 5.30. The van der Waals surface area contributed by atoms with E-state index in [-0.39, 0.29) is 51.2 Å². The first-order valence-electron chi connectivity index (χ1n) is 12.4. The fourth-order valence-electron chi connectivity index (χ4n) is 5.13. The number of nitrogens with one attached hydrogen (secondary N) is 2. The van der Waals surface area contributed by atoms with Gasteiger partial charge in [0, 0.05) is 59.0 Å². The van der Waals surface area contributed by atoms with E-state index in [0.717, 1.165) is 24.3 Å². The molecule has 216 valence electrons. The lowest BCUT2D eigenvalue weighted by Crippen LogP contribution is -2.31. The number of hydrogen-bond acceptors (Lipinski definition) is 4. The summed E-state index contributed by atoms with van der Waals surface area (Å²) in [6.45, 7) is 0.687. The summed E-state index contributed by atoms with van der Waals surface area (Å²) in [7, 11) is 5.16. The molecule has 0 fully saturated rings. The third-order valence-electron chi connectivity index (χ3n) is 6.99. The highest BCUT2D eigenvalue weighted by Gasteiger charge is 2.37. The molecule has 1 unspecified atom stereocenters. The third-order valence-corrected chi connectivity index (χ3v) is 6.99. The van der Waals surface area contributed by atoms with Crippen molar-refractivity contribution in [2.24, 2.45) is 0 Å². The number of ether oxygens (including phenoxy) is 1. The third kappa shape index (κ3) is 5.22. The van der Waals surface area contributed by atoms with Crippen molar-refractivity contribution in [3.05, 3.63) is 71.0 Å². The quantitative estimate of drug-likeness (QED) is 0.230. The lowest BCUT2D eigenvalue weighted by Gasteiger charge is -2.20. The van der Waals surface area contributed by atoms with Gasteiger partial charge in [-0.05, 0) is 50.5 Å². The Kier molecular flexibility index (Phi) is 6.98. The van der Waals surface area contributed by atoms with Crippen LogP contribution >= 0.6 is 0 Å². The van der Waals surface area contributed by atoms with E-state index in [0.29, 0.717) is 12.1 Å². The van der Waals surface area contributed by atoms with E-state index >= 15 is 0 Å². The van der Waals surface area contributed by atoms with Crippen LogP contribution < -0.4 is 5.32 Å². The van der Waals surface area contributed by atoms with Gasteiger partial charge in [0.2, 0.25) is 0 Å². The van der Waals surface area contributed by atoms with Gasteiger partial charge in [0.1, 0.15) is 0 Å². The van der Waals surface area contributed by atoms with Crippen LogP contribution in [0.25, 0.3) is 33.0 Å². The number of methoxy groups -OCH3 is 1. The molecular weight excluding hydrogens is 554 g/mol. The second-order valence-electron chi connectivity index (χ2n) is 10.0. The Morgan fingerprint density at radius 1 is 0.878 bits per heavy atom. The molecule has 2 aromatic carbocycles. The number of H-pyrrole nitrogens is 1. The molecule has 0 bridgehead atoms. The molecule has 0 aliphatic carbocycles. The molecular formula is C28H24F6N4O3. The van der Waals surface area contributed by atoms with Gasteiger partial charge in [-0.2, -0.15) is 26.3 Å². The molecule has 0 spiro atoms. The molecule has 3 heterocycles. The van der Waals surface area contributed by atoms with E-state index in [1.807, 2.05) is 19.0 Å². The molecule has 1 aliphatic heterocycles. The van der Waals surface area contributed by atoms with Crippen molar-refractivity contribution in [2.45, 2.75) is 25.0 Å².